The number of ether oxygens (including phenoxy) is 3. The van der Waals surface area contributed by atoms with E-state index in [1.165, 1.54) is 0 Å². The summed E-state index contributed by atoms with van der Waals surface area (Å²) in [4.78, 5) is 23.9. The van der Waals surface area contributed by atoms with E-state index in [0.29, 0.717) is 13.2 Å². The van der Waals surface area contributed by atoms with Crippen LogP contribution in [0.2, 0.25) is 18.1 Å². The predicted octanol–water partition coefficient (Wildman–Crippen LogP) is 6.07. The average Bonchev–Trinajstić information content (AvgIpc) is 3.06. The maximum absolute atomic E-state index is 12.0. The topological polar surface area (TPSA) is 71.1 Å². The number of esters is 1. The largest absolute Gasteiger partial charge is 0.465 e. The molecular formula is C27H50O6Si. The van der Waals surface area contributed by atoms with Gasteiger partial charge in [0.2, 0.25) is 0 Å². The van der Waals surface area contributed by atoms with Gasteiger partial charge in [0.05, 0.1) is 36.9 Å². The van der Waals surface area contributed by atoms with E-state index >= 15 is 0 Å². The molecule has 2 heterocycles. The lowest BCUT2D eigenvalue weighted by molar-refractivity contribution is -0.184. The first-order valence-corrected chi connectivity index (χ1v) is 16.0. The van der Waals surface area contributed by atoms with Crippen LogP contribution in [-0.2, 0) is 28.2 Å². The number of carbonyl (C=O) groups is 2. The van der Waals surface area contributed by atoms with E-state index in [0.717, 1.165) is 38.5 Å². The molecule has 0 saturated carbocycles. The number of Topliss-reactive ketones (excluding diaryl/α,β-unsaturated/α-hetero) is 1. The third-order valence-electron chi connectivity index (χ3n) is 7.98. The van der Waals surface area contributed by atoms with Crippen molar-refractivity contribution in [3.8, 4) is 0 Å². The van der Waals surface area contributed by atoms with E-state index in [2.05, 4.69) is 33.9 Å². The van der Waals surface area contributed by atoms with Crippen molar-refractivity contribution >= 4 is 20.1 Å². The number of rotatable bonds is 10. The highest BCUT2D eigenvalue weighted by molar-refractivity contribution is 6.74. The number of hydrogen-bond donors (Lipinski definition) is 0. The fourth-order valence-corrected chi connectivity index (χ4v) is 5.44. The summed E-state index contributed by atoms with van der Waals surface area (Å²) in [5.74, 6) is 0.0386. The van der Waals surface area contributed by atoms with E-state index in [1.54, 1.807) is 6.92 Å². The molecule has 0 aromatic rings. The highest BCUT2D eigenvalue weighted by atomic mass is 28.4. The second-order valence-corrected chi connectivity index (χ2v) is 18.0. The third kappa shape index (κ3) is 7.62. The summed E-state index contributed by atoms with van der Waals surface area (Å²) in [5.41, 5.74) is -0.953. The first-order valence-electron chi connectivity index (χ1n) is 13.1. The molecular weight excluding hydrogens is 448 g/mol. The first-order chi connectivity index (χ1) is 15.5. The van der Waals surface area contributed by atoms with Crippen LogP contribution in [0, 0.1) is 11.3 Å². The molecule has 0 amide bonds. The van der Waals surface area contributed by atoms with Gasteiger partial charge in [-0.25, -0.2) is 0 Å². The van der Waals surface area contributed by atoms with Gasteiger partial charge < -0.3 is 18.6 Å². The molecule has 0 N–H and O–H groups in total. The first kappa shape index (κ1) is 29.5. The van der Waals surface area contributed by atoms with Crippen molar-refractivity contribution in [1.82, 2.24) is 0 Å². The summed E-state index contributed by atoms with van der Waals surface area (Å²) in [6.45, 7) is 21.5. The Morgan fingerprint density at radius 3 is 2.29 bits per heavy atom. The molecule has 2 aliphatic rings. The van der Waals surface area contributed by atoms with Crippen molar-refractivity contribution in [2.45, 2.75) is 136 Å². The fourth-order valence-electron chi connectivity index (χ4n) is 4.40. The normalized spacial score (nSPS) is 28.9. The molecule has 0 bridgehead atoms. The maximum Gasteiger partial charge on any atom is 0.311 e. The molecule has 0 aliphatic carbocycles. The van der Waals surface area contributed by atoms with Crippen molar-refractivity contribution in [2.75, 3.05) is 13.2 Å². The van der Waals surface area contributed by atoms with Crippen LogP contribution in [0.5, 0.6) is 0 Å². The van der Waals surface area contributed by atoms with Crippen molar-refractivity contribution in [1.29, 1.82) is 0 Å². The molecule has 2 aliphatic heterocycles. The molecule has 0 spiro atoms. The fraction of sp³-hybridized carbons (Fsp3) is 0.926. The predicted molar refractivity (Wildman–Crippen MR) is 137 cm³/mol. The van der Waals surface area contributed by atoms with Gasteiger partial charge in [0, 0.05) is 12.3 Å². The lowest BCUT2D eigenvalue weighted by atomic mass is 9.84. The van der Waals surface area contributed by atoms with Crippen molar-refractivity contribution in [2.24, 2.45) is 11.3 Å². The second kappa shape index (κ2) is 11.1. The van der Waals surface area contributed by atoms with Crippen LogP contribution in [0.4, 0.5) is 0 Å². The zero-order valence-electron chi connectivity index (χ0n) is 23.4. The van der Waals surface area contributed by atoms with Gasteiger partial charge in [0.1, 0.15) is 11.4 Å². The zero-order valence-corrected chi connectivity index (χ0v) is 24.4. The molecule has 2 rings (SSSR count). The summed E-state index contributed by atoms with van der Waals surface area (Å²) < 4.78 is 25.4. The Bertz CT molecular complexity index is 707. The van der Waals surface area contributed by atoms with Crippen LogP contribution in [-0.4, -0.2) is 57.2 Å². The van der Waals surface area contributed by atoms with Crippen LogP contribution < -0.4 is 0 Å². The Balaban J connectivity index is 2.06. The minimum Gasteiger partial charge on any atom is -0.465 e. The Labute approximate surface area is 208 Å². The van der Waals surface area contributed by atoms with E-state index in [4.69, 9.17) is 18.6 Å². The van der Waals surface area contributed by atoms with E-state index in [1.807, 2.05) is 27.7 Å². The number of fused-ring (bicyclic) bond motifs is 1. The molecule has 34 heavy (non-hydrogen) atoms. The van der Waals surface area contributed by atoms with Crippen LogP contribution in [0.15, 0.2) is 0 Å². The molecule has 2 saturated heterocycles. The Kier molecular flexibility index (Phi) is 9.62. The molecule has 7 heteroatoms. The maximum atomic E-state index is 12.0. The van der Waals surface area contributed by atoms with Crippen LogP contribution in [0.1, 0.15) is 93.9 Å². The van der Waals surface area contributed by atoms with E-state index in [-0.39, 0.29) is 41.0 Å². The van der Waals surface area contributed by atoms with Crippen LogP contribution in [0.25, 0.3) is 0 Å². The Morgan fingerprint density at radius 1 is 1.09 bits per heavy atom. The van der Waals surface area contributed by atoms with Gasteiger partial charge in [-0.05, 0) is 77.9 Å². The van der Waals surface area contributed by atoms with Gasteiger partial charge in [0.15, 0.2) is 8.32 Å². The molecule has 6 nitrogen and oxygen atoms in total. The van der Waals surface area contributed by atoms with Gasteiger partial charge in [-0.1, -0.05) is 27.7 Å². The third-order valence-corrected chi connectivity index (χ3v) is 12.5. The van der Waals surface area contributed by atoms with Crippen LogP contribution in [0.3, 0.4) is 0 Å². The highest BCUT2D eigenvalue weighted by Gasteiger charge is 2.54. The zero-order chi connectivity index (χ0) is 25.9. The SMILES string of the molecule is CC(=O)[C@H](C)CC1CCC2OC(CCCOC(=O)C(C)(C)C)C[C@]2(CO[Si](C)(C)C(C)(C)C)O1. The molecule has 198 valence electrons. The van der Waals surface area contributed by atoms with Gasteiger partial charge in [-0.15, -0.1) is 0 Å². The number of carbonyl (C=O) groups excluding carboxylic acids is 2. The smallest absolute Gasteiger partial charge is 0.311 e. The summed E-state index contributed by atoms with van der Waals surface area (Å²) >= 11 is 0. The number of ketones is 1. The molecule has 3 unspecified atom stereocenters. The van der Waals surface area contributed by atoms with Gasteiger partial charge in [-0.3, -0.25) is 9.59 Å². The molecule has 2 fully saturated rings. The summed E-state index contributed by atoms with van der Waals surface area (Å²) in [6, 6.07) is 0. The van der Waals surface area contributed by atoms with E-state index in [9.17, 15) is 9.59 Å². The summed E-state index contributed by atoms with van der Waals surface area (Å²) in [6.07, 6.45) is 5.06. The minimum atomic E-state index is -1.96. The summed E-state index contributed by atoms with van der Waals surface area (Å²) in [5, 5.41) is 0.117. The molecule has 5 atom stereocenters. The highest BCUT2D eigenvalue weighted by Crippen LogP contribution is 2.46. The number of hydrogen-bond acceptors (Lipinski definition) is 6. The second-order valence-electron chi connectivity index (χ2n) is 13.2. The van der Waals surface area contributed by atoms with Gasteiger partial charge in [0.25, 0.3) is 0 Å². The lowest BCUT2D eigenvalue weighted by Gasteiger charge is -2.45. The Hall–Kier alpha value is -0.763. The minimum absolute atomic E-state index is 0.00304. The standard InChI is InChI=1S/C27H50O6Si/c1-19(20(2)28)16-21-13-14-23-27(33-21,18-31-34(9,10)26(6,7)8)17-22(32-23)12-11-15-30-24(29)25(3,4)5/h19,21-23H,11-18H2,1-10H3/t19-,21?,22?,23?,27-/m1/s1. The molecule has 0 aromatic carbocycles. The monoisotopic (exact) mass is 498 g/mol. The molecule has 0 radical (unpaired) electrons. The van der Waals surface area contributed by atoms with Crippen LogP contribution >= 0.6 is 0 Å². The van der Waals surface area contributed by atoms with E-state index < -0.39 is 19.3 Å². The molecule has 0 aromatic heterocycles. The Morgan fingerprint density at radius 2 is 1.74 bits per heavy atom. The van der Waals surface area contributed by atoms with Crippen molar-refractivity contribution in [3.63, 3.8) is 0 Å². The van der Waals surface area contributed by atoms with Gasteiger partial charge in [-0.2, -0.15) is 0 Å². The van der Waals surface area contributed by atoms with Crippen molar-refractivity contribution in [3.05, 3.63) is 0 Å². The quantitative estimate of drug-likeness (QED) is 0.207. The average molecular weight is 499 g/mol. The lowest BCUT2D eigenvalue weighted by Crippen LogP contribution is -2.55. The van der Waals surface area contributed by atoms with Crippen molar-refractivity contribution < 1.29 is 28.2 Å². The summed E-state index contributed by atoms with van der Waals surface area (Å²) in [7, 11) is -1.96. The van der Waals surface area contributed by atoms with Gasteiger partial charge >= 0.3 is 5.97 Å².